The van der Waals surface area contributed by atoms with E-state index in [-0.39, 0.29) is 18.3 Å². The fourth-order valence-corrected chi connectivity index (χ4v) is 6.27. The summed E-state index contributed by atoms with van der Waals surface area (Å²) in [6, 6.07) is 6.02. The maximum atomic E-state index is 12.8. The van der Waals surface area contributed by atoms with Gasteiger partial charge in [0.2, 0.25) is 5.91 Å². The van der Waals surface area contributed by atoms with E-state index in [0.717, 1.165) is 47.4 Å². The minimum absolute atomic E-state index is 0.121. The molecule has 2 heterocycles. The van der Waals surface area contributed by atoms with E-state index >= 15 is 0 Å². The zero-order chi connectivity index (χ0) is 25.7. The summed E-state index contributed by atoms with van der Waals surface area (Å²) in [5.41, 5.74) is 3.74. The van der Waals surface area contributed by atoms with Crippen LogP contribution in [0.4, 0.5) is 5.00 Å². The molecule has 10 heteroatoms. The molecule has 1 aliphatic carbocycles. The molecule has 0 bridgehead atoms. The van der Waals surface area contributed by atoms with E-state index in [1.807, 2.05) is 30.5 Å². The van der Waals surface area contributed by atoms with E-state index < -0.39 is 5.97 Å². The van der Waals surface area contributed by atoms with Crippen LogP contribution in [-0.2, 0) is 35.5 Å². The number of thioether (sulfide) groups is 1. The lowest BCUT2D eigenvalue weighted by molar-refractivity contribution is -0.113. The van der Waals surface area contributed by atoms with Crippen LogP contribution in [0, 0.1) is 13.8 Å². The number of anilines is 1. The Morgan fingerprint density at radius 2 is 2.06 bits per heavy atom. The van der Waals surface area contributed by atoms with Crippen LogP contribution in [0.25, 0.3) is 0 Å². The van der Waals surface area contributed by atoms with Crippen molar-refractivity contribution in [3.8, 4) is 5.75 Å². The highest BCUT2D eigenvalue weighted by Crippen LogP contribution is 2.38. The third kappa shape index (κ3) is 5.82. The van der Waals surface area contributed by atoms with Crippen molar-refractivity contribution < 1.29 is 19.1 Å². The molecule has 2 aromatic heterocycles. The Kier molecular flexibility index (Phi) is 8.48. The van der Waals surface area contributed by atoms with Crippen molar-refractivity contribution >= 4 is 40.0 Å². The SMILES string of the molecule is C=CCn1c(COc2ccc(C)cc2C)nnc1SCC(=O)Nc1sc2c(c1C(=O)OC)CCCC2. The topological polar surface area (TPSA) is 95.3 Å². The van der Waals surface area contributed by atoms with Crippen molar-refractivity contribution in [2.24, 2.45) is 0 Å². The monoisotopic (exact) mass is 526 g/mol. The summed E-state index contributed by atoms with van der Waals surface area (Å²) < 4.78 is 12.9. The molecule has 1 amide bonds. The Bertz CT molecular complexity index is 1280. The van der Waals surface area contributed by atoms with E-state index in [4.69, 9.17) is 9.47 Å². The molecule has 36 heavy (non-hydrogen) atoms. The average Bonchev–Trinajstić information content (AvgIpc) is 3.42. The number of nitrogens with zero attached hydrogens (tertiary/aromatic N) is 3. The Morgan fingerprint density at radius 1 is 1.25 bits per heavy atom. The molecule has 1 N–H and O–H groups in total. The van der Waals surface area contributed by atoms with E-state index in [2.05, 4.69) is 28.2 Å². The molecular formula is C26H30N4O4S2. The maximum Gasteiger partial charge on any atom is 0.341 e. The molecule has 0 aliphatic heterocycles. The molecule has 190 valence electrons. The number of carbonyl (C=O) groups excluding carboxylic acids is 2. The first-order valence-corrected chi connectivity index (χ1v) is 13.6. The van der Waals surface area contributed by atoms with Gasteiger partial charge in [-0.3, -0.25) is 9.36 Å². The summed E-state index contributed by atoms with van der Waals surface area (Å²) in [7, 11) is 1.37. The number of hydrogen-bond acceptors (Lipinski definition) is 8. The first-order chi connectivity index (χ1) is 17.4. The minimum Gasteiger partial charge on any atom is -0.485 e. The molecule has 8 nitrogen and oxygen atoms in total. The van der Waals surface area contributed by atoms with E-state index in [1.165, 1.54) is 35.8 Å². The summed E-state index contributed by atoms with van der Waals surface area (Å²) in [6.45, 7) is 8.62. The number of carbonyl (C=O) groups is 2. The number of hydrogen-bond donors (Lipinski definition) is 1. The van der Waals surface area contributed by atoms with Crippen LogP contribution in [0.2, 0.25) is 0 Å². The van der Waals surface area contributed by atoms with Gasteiger partial charge < -0.3 is 14.8 Å². The number of fused-ring (bicyclic) bond motifs is 1. The number of allylic oxidation sites excluding steroid dienone is 1. The zero-order valence-corrected chi connectivity index (χ0v) is 22.4. The third-order valence-corrected chi connectivity index (χ3v) is 8.11. The number of aryl methyl sites for hydroxylation is 3. The number of rotatable bonds is 10. The van der Waals surface area contributed by atoms with Gasteiger partial charge in [0.1, 0.15) is 17.4 Å². The summed E-state index contributed by atoms with van der Waals surface area (Å²) >= 11 is 2.75. The highest BCUT2D eigenvalue weighted by Gasteiger charge is 2.27. The van der Waals surface area contributed by atoms with Gasteiger partial charge in [-0.2, -0.15) is 0 Å². The Morgan fingerprint density at radius 3 is 2.81 bits per heavy atom. The van der Waals surface area contributed by atoms with Crippen LogP contribution in [-0.4, -0.2) is 39.5 Å². The van der Waals surface area contributed by atoms with Crippen LogP contribution >= 0.6 is 23.1 Å². The van der Waals surface area contributed by atoms with Crippen molar-refractivity contribution in [2.45, 2.75) is 57.8 Å². The summed E-state index contributed by atoms with van der Waals surface area (Å²) in [6.07, 6.45) is 5.63. The molecule has 0 radical (unpaired) electrons. The molecule has 0 fully saturated rings. The molecule has 0 atom stereocenters. The molecule has 1 aromatic carbocycles. The zero-order valence-electron chi connectivity index (χ0n) is 20.8. The second-order valence-electron chi connectivity index (χ2n) is 8.60. The predicted molar refractivity (Wildman–Crippen MR) is 142 cm³/mol. The molecular weight excluding hydrogens is 496 g/mol. The number of ether oxygens (including phenoxy) is 2. The van der Waals surface area contributed by atoms with Gasteiger partial charge in [-0.15, -0.1) is 28.1 Å². The van der Waals surface area contributed by atoms with Gasteiger partial charge in [0.05, 0.1) is 18.4 Å². The Labute approximate surface area is 219 Å². The third-order valence-electron chi connectivity index (χ3n) is 5.94. The van der Waals surface area contributed by atoms with Crippen molar-refractivity contribution in [3.05, 3.63) is 63.8 Å². The average molecular weight is 527 g/mol. The first-order valence-electron chi connectivity index (χ1n) is 11.8. The number of aromatic nitrogens is 3. The van der Waals surface area contributed by atoms with Crippen LogP contribution < -0.4 is 10.1 Å². The van der Waals surface area contributed by atoms with Gasteiger partial charge in [0.15, 0.2) is 11.0 Å². The number of benzene rings is 1. The fourth-order valence-electron chi connectivity index (χ4n) is 4.21. The smallest absolute Gasteiger partial charge is 0.341 e. The molecule has 0 saturated heterocycles. The second kappa shape index (κ2) is 11.7. The number of thiophene rings is 1. The number of amides is 1. The van der Waals surface area contributed by atoms with Crippen molar-refractivity contribution in [1.82, 2.24) is 14.8 Å². The quantitative estimate of drug-likeness (QED) is 0.223. The maximum absolute atomic E-state index is 12.8. The fraction of sp³-hybridized carbons (Fsp3) is 0.385. The lowest BCUT2D eigenvalue weighted by atomic mass is 9.95. The molecule has 0 spiro atoms. The van der Waals surface area contributed by atoms with Crippen molar-refractivity contribution in [2.75, 3.05) is 18.2 Å². The lowest BCUT2D eigenvalue weighted by Crippen LogP contribution is -2.17. The molecule has 4 rings (SSSR count). The van der Waals surface area contributed by atoms with Gasteiger partial charge in [-0.05, 0) is 56.7 Å². The first kappa shape index (κ1) is 26.0. The van der Waals surface area contributed by atoms with Crippen LogP contribution in [0.15, 0.2) is 36.0 Å². The van der Waals surface area contributed by atoms with Crippen molar-refractivity contribution in [1.29, 1.82) is 0 Å². The number of esters is 1. The standard InChI is InChI=1S/C26H30N4O4S2/c1-5-12-30-21(14-34-19-11-10-16(2)13-17(19)3)28-29-26(30)35-15-22(31)27-24-23(25(32)33-4)18-8-6-7-9-20(18)36-24/h5,10-11,13H,1,6-9,12,14-15H2,2-4H3,(H,27,31). The van der Waals surface area contributed by atoms with Crippen LogP contribution in [0.1, 0.15) is 50.6 Å². The Balaban J connectivity index is 1.43. The minimum atomic E-state index is -0.406. The number of methoxy groups -OCH3 is 1. The molecule has 1 aliphatic rings. The summed E-state index contributed by atoms with van der Waals surface area (Å²) in [5.74, 6) is 0.941. The lowest BCUT2D eigenvalue weighted by Gasteiger charge is -2.12. The summed E-state index contributed by atoms with van der Waals surface area (Å²) in [4.78, 5) is 26.4. The normalized spacial score (nSPS) is 12.6. The van der Waals surface area contributed by atoms with Crippen LogP contribution in [0.5, 0.6) is 5.75 Å². The van der Waals surface area contributed by atoms with Gasteiger partial charge >= 0.3 is 5.97 Å². The molecule has 0 saturated carbocycles. The van der Waals surface area contributed by atoms with Gasteiger partial charge in [-0.25, -0.2) is 4.79 Å². The Hall–Kier alpha value is -3.11. The highest BCUT2D eigenvalue weighted by molar-refractivity contribution is 7.99. The van der Waals surface area contributed by atoms with Gasteiger partial charge in [0, 0.05) is 11.4 Å². The summed E-state index contributed by atoms with van der Waals surface area (Å²) in [5, 5.41) is 12.6. The van der Waals surface area contributed by atoms with E-state index in [1.54, 1.807) is 6.08 Å². The van der Waals surface area contributed by atoms with Crippen molar-refractivity contribution in [3.63, 3.8) is 0 Å². The largest absolute Gasteiger partial charge is 0.485 e. The highest BCUT2D eigenvalue weighted by atomic mass is 32.2. The van der Waals surface area contributed by atoms with Gasteiger partial charge in [-0.1, -0.05) is 35.5 Å². The van der Waals surface area contributed by atoms with E-state index in [0.29, 0.717) is 28.1 Å². The van der Waals surface area contributed by atoms with Gasteiger partial charge in [0.25, 0.3) is 0 Å². The molecule has 3 aromatic rings. The molecule has 0 unspecified atom stereocenters. The van der Waals surface area contributed by atoms with Crippen LogP contribution in [0.3, 0.4) is 0 Å². The second-order valence-corrected chi connectivity index (χ2v) is 10.6. The van der Waals surface area contributed by atoms with E-state index in [9.17, 15) is 9.59 Å². The predicted octanol–water partition coefficient (Wildman–Crippen LogP) is 5.12. The number of nitrogens with one attached hydrogen (secondary N) is 1.